The van der Waals surface area contributed by atoms with Crippen molar-refractivity contribution >= 4 is 21.7 Å². The van der Waals surface area contributed by atoms with Crippen molar-refractivity contribution < 1.29 is 9.18 Å². The first-order chi connectivity index (χ1) is 9.63. The molecule has 0 fully saturated rings. The zero-order valence-electron chi connectivity index (χ0n) is 12.3. The SMILES string of the molecule is CCCCCCCCCC(=O)Cc1cc(Br)ccc1F. The van der Waals surface area contributed by atoms with Gasteiger partial charge >= 0.3 is 0 Å². The van der Waals surface area contributed by atoms with Gasteiger partial charge in [-0.2, -0.15) is 0 Å². The van der Waals surface area contributed by atoms with Crippen molar-refractivity contribution in [1.82, 2.24) is 0 Å². The predicted molar refractivity (Wildman–Crippen MR) is 85.4 cm³/mol. The van der Waals surface area contributed by atoms with E-state index in [-0.39, 0.29) is 18.0 Å². The lowest BCUT2D eigenvalue weighted by molar-refractivity contribution is -0.118. The summed E-state index contributed by atoms with van der Waals surface area (Å²) in [6.07, 6.45) is 9.16. The van der Waals surface area contributed by atoms with Crippen molar-refractivity contribution in [2.45, 2.75) is 64.7 Å². The third kappa shape index (κ3) is 7.18. The summed E-state index contributed by atoms with van der Waals surface area (Å²) in [6, 6.07) is 4.75. The average Bonchev–Trinajstić information content (AvgIpc) is 2.42. The average molecular weight is 343 g/mol. The molecule has 0 unspecified atom stereocenters. The molecule has 0 aliphatic rings. The van der Waals surface area contributed by atoms with Crippen molar-refractivity contribution in [3.8, 4) is 0 Å². The van der Waals surface area contributed by atoms with E-state index in [4.69, 9.17) is 0 Å². The van der Waals surface area contributed by atoms with Crippen molar-refractivity contribution in [1.29, 1.82) is 0 Å². The Balaban J connectivity index is 2.19. The highest BCUT2D eigenvalue weighted by molar-refractivity contribution is 9.10. The molecule has 0 spiro atoms. The molecule has 0 amide bonds. The number of unbranched alkanes of at least 4 members (excludes halogenated alkanes) is 6. The van der Waals surface area contributed by atoms with Crippen LogP contribution in [0.3, 0.4) is 0 Å². The number of Topliss-reactive ketones (excluding diaryl/α,β-unsaturated/α-hetero) is 1. The summed E-state index contributed by atoms with van der Waals surface area (Å²) in [6.45, 7) is 2.21. The first-order valence-corrected chi connectivity index (χ1v) is 8.38. The fraction of sp³-hybridized carbons (Fsp3) is 0.588. The maximum absolute atomic E-state index is 13.5. The van der Waals surface area contributed by atoms with E-state index in [1.54, 1.807) is 12.1 Å². The van der Waals surface area contributed by atoms with Gasteiger partial charge in [0.25, 0.3) is 0 Å². The maximum Gasteiger partial charge on any atom is 0.137 e. The molecular weight excluding hydrogens is 319 g/mol. The fourth-order valence-electron chi connectivity index (χ4n) is 2.26. The Morgan fingerprint density at radius 3 is 2.45 bits per heavy atom. The van der Waals surface area contributed by atoms with Crippen LogP contribution in [0.1, 0.15) is 63.9 Å². The largest absolute Gasteiger partial charge is 0.299 e. The Kier molecular flexibility index (Phi) is 8.75. The summed E-state index contributed by atoms with van der Waals surface area (Å²) < 4.78 is 14.3. The smallest absolute Gasteiger partial charge is 0.137 e. The molecule has 3 heteroatoms. The highest BCUT2D eigenvalue weighted by atomic mass is 79.9. The van der Waals surface area contributed by atoms with Gasteiger partial charge in [0.05, 0.1) is 0 Å². The Bertz CT molecular complexity index is 417. The van der Waals surface area contributed by atoms with Gasteiger partial charge in [-0.25, -0.2) is 4.39 Å². The molecule has 1 aromatic rings. The molecule has 20 heavy (non-hydrogen) atoms. The van der Waals surface area contributed by atoms with Crippen LogP contribution in [0.25, 0.3) is 0 Å². The number of hydrogen-bond acceptors (Lipinski definition) is 1. The van der Waals surface area contributed by atoms with Gasteiger partial charge in [-0.1, -0.05) is 61.4 Å². The molecule has 1 aromatic carbocycles. The topological polar surface area (TPSA) is 17.1 Å². The summed E-state index contributed by atoms with van der Waals surface area (Å²) in [5.41, 5.74) is 0.493. The second-order valence-corrected chi connectivity index (χ2v) is 6.24. The molecule has 0 aliphatic heterocycles. The molecule has 0 saturated carbocycles. The van der Waals surface area contributed by atoms with Crippen LogP contribution in [0.5, 0.6) is 0 Å². The van der Waals surface area contributed by atoms with Crippen LogP contribution < -0.4 is 0 Å². The van der Waals surface area contributed by atoms with Crippen molar-refractivity contribution in [2.24, 2.45) is 0 Å². The van der Waals surface area contributed by atoms with Crippen molar-refractivity contribution in [2.75, 3.05) is 0 Å². The number of halogens is 2. The van der Waals surface area contributed by atoms with Gasteiger partial charge in [-0.05, 0) is 30.2 Å². The Morgan fingerprint density at radius 1 is 1.10 bits per heavy atom. The van der Waals surface area contributed by atoms with Gasteiger partial charge in [0.2, 0.25) is 0 Å². The number of carbonyl (C=O) groups excluding carboxylic acids is 1. The zero-order valence-corrected chi connectivity index (χ0v) is 13.8. The minimum Gasteiger partial charge on any atom is -0.299 e. The van der Waals surface area contributed by atoms with Crippen LogP contribution >= 0.6 is 15.9 Å². The molecule has 0 radical (unpaired) electrons. The first kappa shape index (κ1) is 17.4. The fourth-order valence-corrected chi connectivity index (χ4v) is 2.67. The van der Waals surface area contributed by atoms with E-state index in [9.17, 15) is 9.18 Å². The molecule has 0 bridgehead atoms. The molecule has 0 saturated heterocycles. The lowest BCUT2D eigenvalue weighted by Crippen LogP contribution is -2.04. The van der Waals surface area contributed by atoms with Gasteiger partial charge in [-0.3, -0.25) is 4.79 Å². The zero-order chi connectivity index (χ0) is 14.8. The Labute approximate surface area is 130 Å². The highest BCUT2D eigenvalue weighted by Gasteiger charge is 2.08. The summed E-state index contributed by atoms with van der Waals surface area (Å²) in [5, 5.41) is 0. The van der Waals surface area contributed by atoms with Gasteiger partial charge in [0.15, 0.2) is 0 Å². The second-order valence-electron chi connectivity index (χ2n) is 5.32. The monoisotopic (exact) mass is 342 g/mol. The van der Waals surface area contributed by atoms with Crippen LogP contribution in [0, 0.1) is 5.82 Å². The highest BCUT2D eigenvalue weighted by Crippen LogP contribution is 2.17. The summed E-state index contributed by atoms with van der Waals surface area (Å²) in [7, 11) is 0. The molecule has 0 N–H and O–H groups in total. The van der Waals surface area contributed by atoms with Crippen LogP contribution in [-0.4, -0.2) is 5.78 Å². The molecule has 0 atom stereocenters. The number of benzene rings is 1. The lowest BCUT2D eigenvalue weighted by Gasteiger charge is -2.04. The minimum atomic E-state index is -0.291. The second kappa shape index (κ2) is 10.1. The van der Waals surface area contributed by atoms with Crippen molar-refractivity contribution in [3.05, 3.63) is 34.1 Å². The molecule has 0 aliphatic carbocycles. The Morgan fingerprint density at radius 2 is 1.75 bits per heavy atom. The molecule has 1 rings (SSSR count). The number of carbonyl (C=O) groups is 1. The predicted octanol–water partition coefficient (Wildman–Crippen LogP) is 5.84. The van der Waals surface area contributed by atoms with Gasteiger partial charge in [0, 0.05) is 17.3 Å². The van der Waals surface area contributed by atoms with Gasteiger partial charge in [0.1, 0.15) is 11.6 Å². The third-order valence-corrected chi connectivity index (χ3v) is 3.95. The molecule has 0 aromatic heterocycles. The van der Waals surface area contributed by atoms with E-state index in [1.165, 1.54) is 38.2 Å². The standard InChI is InChI=1S/C17H24BrFO/c1-2-3-4-5-6-7-8-9-16(20)13-14-12-15(18)10-11-17(14)19/h10-12H,2-9,13H2,1H3. The number of rotatable bonds is 10. The summed E-state index contributed by atoms with van der Waals surface area (Å²) in [5.74, 6) is -0.156. The molecular formula is C17H24BrFO. The van der Waals surface area contributed by atoms with E-state index in [1.807, 2.05) is 0 Å². The van der Waals surface area contributed by atoms with Crippen LogP contribution in [0.15, 0.2) is 22.7 Å². The summed E-state index contributed by atoms with van der Waals surface area (Å²) in [4.78, 5) is 11.8. The molecule has 1 nitrogen and oxygen atoms in total. The maximum atomic E-state index is 13.5. The molecule has 0 heterocycles. The van der Waals surface area contributed by atoms with E-state index in [2.05, 4.69) is 22.9 Å². The third-order valence-electron chi connectivity index (χ3n) is 3.45. The number of hydrogen-bond donors (Lipinski definition) is 0. The quantitative estimate of drug-likeness (QED) is 0.488. The molecule has 112 valence electrons. The van der Waals surface area contributed by atoms with E-state index in [0.717, 1.165) is 17.3 Å². The summed E-state index contributed by atoms with van der Waals surface area (Å²) >= 11 is 3.30. The lowest BCUT2D eigenvalue weighted by atomic mass is 10.0. The van der Waals surface area contributed by atoms with E-state index < -0.39 is 0 Å². The van der Waals surface area contributed by atoms with Crippen LogP contribution in [0.2, 0.25) is 0 Å². The van der Waals surface area contributed by atoms with Crippen molar-refractivity contribution in [3.63, 3.8) is 0 Å². The normalized spacial score (nSPS) is 10.8. The van der Waals surface area contributed by atoms with Crippen LogP contribution in [-0.2, 0) is 11.2 Å². The first-order valence-electron chi connectivity index (χ1n) is 7.59. The van der Waals surface area contributed by atoms with Crippen LogP contribution in [0.4, 0.5) is 4.39 Å². The Hall–Kier alpha value is -0.700. The minimum absolute atomic E-state index is 0.135. The number of ketones is 1. The van der Waals surface area contributed by atoms with Gasteiger partial charge < -0.3 is 0 Å². The van der Waals surface area contributed by atoms with E-state index >= 15 is 0 Å². The van der Waals surface area contributed by atoms with Gasteiger partial charge in [-0.15, -0.1) is 0 Å². The van der Waals surface area contributed by atoms with E-state index in [0.29, 0.717) is 12.0 Å².